The third-order valence-corrected chi connectivity index (χ3v) is 4.94. The van der Waals surface area contributed by atoms with Gasteiger partial charge in [0.15, 0.2) is 5.82 Å². The zero-order valence-corrected chi connectivity index (χ0v) is 16.6. The van der Waals surface area contributed by atoms with E-state index >= 15 is 0 Å². The van der Waals surface area contributed by atoms with Crippen molar-refractivity contribution in [3.63, 3.8) is 0 Å². The maximum absolute atomic E-state index is 14.0. The number of hydrogen-bond donors (Lipinski definition) is 2. The normalized spacial score (nSPS) is 18.7. The molecular formula is C19H13Cl2F5N2O2. The van der Waals surface area contributed by atoms with Gasteiger partial charge in [0.05, 0.1) is 15.7 Å². The second kappa shape index (κ2) is 8.05. The minimum absolute atomic E-state index is 0.0581. The van der Waals surface area contributed by atoms with E-state index in [1.165, 1.54) is 19.1 Å². The first-order valence-electron chi connectivity index (χ1n) is 8.36. The smallest absolute Gasteiger partial charge is 0.352 e. The molecule has 160 valence electrons. The van der Waals surface area contributed by atoms with Crippen molar-refractivity contribution >= 4 is 34.8 Å². The summed E-state index contributed by atoms with van der Waals surface area (Å²) in [5, 5.41) is 1.20. The minimum Gasteiger partial charge on any atom is -0.352 e. The number of hydrogen-bond acceptors (Lipinski definition) is 3. The first kappa shape index (κ1) is 22.3. The minimum atomic E-state index is -4.98. The number of nitrogens with one attached hydrogen (secondary N) is 2. The highest BCUT2D eigenvalue weighted by Crippen LogP contribution is 2.48. The van der Waals surface area contributed by atoms with Crippen LogP contribution in [0.15, 0.2) is 36.4 Å². The molecule has 0 fully saturated rings. The van der Waals surface area contributed by atoms with Gasteiger partial charge in [0, 0.05) is 30.2 Å². The van der Waals surface area contributed by atoms with E-state index in [0.717, 1.165) is 24.3 Å². The van der Waals surface area contributed by atoms with Gasteiger partial charge in [-0.05, 0) is 36.4 Å². The number of hydroxylamine groups is 1. The van der Waals surface area contributed by atoms with Crippen LogP contribution < -0.4 is 10.8 Å². The predicted molar refractivity (Wildman–Crippen MR) is 100 cm³/mol. The molecule has 30 heavy (non-hydrogen) atoms. The number of benzene rings is 2. The van der Waals surface area contributed by atoms with E-state index in [9.17, 15) is 26.7 Å². The third kappa shape index (κ3) is 4.10. The second-order valence-corrected chi connectivity index (χ2v) is 7.28. The molecule has 0 aliphatic carbocycles. The molecule has 0 bridgehead atoms. The summed E-state index contributed by atoms with van der Waals surface area (Å²) in [6.45, 7) is 1.09. The summed E-state index contributed by atoms with van der Waals surface area (Å²) < 4.78 is 69.7. The largest absolute Gasteiger partial charge is 0.428 e. The van der Waals surface area contributed by atoms with Crippen LogP contribution >= 0.6 is 23.2 Å². The average Bonchev–Trinajstić information content (AvgIpc) is 3.11. The Labute approximate surface area is 177 Å². The lowest BCUT2D eigenvalue weighted by Gasteiger charge is -2.28. The summed E-state index contributed by atoms with van der Waals surface area (Å²) in [6.07, 6.45) is -4.26. The number of halogens is 7. The summed E-state index contributed by atoms with van der Waals surface area (Å²) in [5.41, 5.74) is -1.27. The predicted octanol–water partition coefficient (Wildman–Crippen LogP) is 5.24. The lowest BCUT2D eigenvalue weighted by molar-refractivity contribution is -0.269. The van der Waals surface area contributed by atoms with E-state index < -0.39 is 44.9 Å². The topological polar surface area (TPSA) is 50.4 Å². The van der Waals surface area contributed by atoms with Crippen LogP contribution in [0, 0.1) is 11.6 Å². The number of carbonyl (C=O) groups excluding carboxylic acids is 1. The van der Waals surface area contributed by atoms with Crippen molar-refractivity contribution in [2.24, 2.45) is 0 Å². The molecule has 0 radical (unpaired) electrons. The van der Waals surface area contributed by atoms with E-state index in [0.29, 0.717) is 0 Å². The maximum atomic E-state index is 14.0. The fraction of sp³-hybridized carbons (Fsp3) is 0.211. The van der Waals surface area contributed by atoms with Crippen LogP contribution in [-0.4, -0.2) is 12.1 Å². The Bertz CT molecular complexity index is 1020. The SMILES string of the molecule is CC(=O)NCc1cc(C2=CC(c3cc(Cl)c(F)c(Cl)c3)(C(F)(F)F)ON2)ccc1F. The molecule has 2 N–H and O–H groups in total. The molecule has 3 rings (SSSR count). The summed E-state index contributed by atoms with van der Waals surface area (Å²) in [5.74, 6) is -2.11. The average molecular weight is 467 g/mol. The van der Waals surface area contributed by atoms with Crippen LogP contribution in [0.5, 0.6) is 0 Å². The standard InChI is InChI=1S/C19H13Cl2F5N2O2/c1-9(29)27-8-11-4-10(2-3-15(11)22)16-7-18(30-28-16,19(24,25)26)12-5-13(20)17(23)14(21)6-12/h2-7,28H,8H2,1H3,(H,27,29). The van der Waals surface area contributed by atoms with Crippen LogP contribution in [0.3, 0.4) is 0 Å². The van der Waals surface area contributed by atoms with Crippen molar-refractivity contribution in [1.29, 1.82) is 0 Å². The molecule has 1 atom stereocenters. The highest BCUT2D eigenvalue weighted by Gasteiger charge is 2.59. The van der Waals surface area contributed by atoms with Crippen molar-refractivity contribution < 1.29 is 31.6 Å². The molecule has 0 aromatic heterocycles. The molecule has 1 heterocycles. The molecule has 1 unspecified atom stereocenters. The molecule has 1 amide bonds. The first-order chi connectivity index (χ1) is 13.9. The fourth-order valence-corrected chi connectivity index (χ4v) is 3.34. The summed E-state index contributed by atoms with van der Waals surface area (Å²) in [6, 6.07) is 5.10. The monoisotopic (exact) mass is 466 g/mol. The van der Waals surface area contributed by atoms with E-state index in [-0.39, 0.29) is 23.4 Å². The summed E-state index contributed by atoms with van der Waals surface area (Å²) >= 11 is 11.3. The lowest BCUT2D eigenvalue weighted by atomic mass is 9.91. The van der Waals surface area contributed by atoms with Crippen LogP contribution in [0.1, 0.15) is 23.6 Å². The molecule has 2 aromatic rings. The number of rotatable bonds is 4. The third-order valence-electron chi connectivity index (χ3n) is 4.39. The first-order valence-corrected chi connectivity index (χ1v) is 9.12. The Morgan fingerprint density at radius 3 is 2.37 bits per heavy atom. The number of amides is 1. The number of alkyl halides is 3. The van der Waals surface area contributed by atoms with Crippen LogP contribution in [0.25, 0.3) is 5.70 Å². The molecule has 0 saturated carbocycles. The van der Waals surface area contributed by atoms with E-state index in [1.54, 1.807) is 0 Å². The van der Waals surface area contributed by atoms with Gasteiger partial charge in [-0.1, -0.05) is 23.2 Å². The van der Waals surface area contributed by atoms with Gasteiger partial charge in [0.2, 0.25) is 11.5 Å². The quantitative estimate of drug-likeness (QED) is 0.478. The van der Waals surface area contributed by atoms with E-state index in [4.69, 9.17) is 28.0 Å². The van der Waals surface area contributed by atoms with Crippen molar-refractivity contribution in [2.75, 3.05) is 0 Å². The van der Waals surface area contributed by atoms with Gasteiger partial charge in [-0.25, -0.2) is 8.78 Å². The van der Waals surface area contributed by atoms with Crippen LogP contribution in [0.4, 0.5) is 22.0 Å². The number of carbonyl (C=O) groups is 1. The molecule has 1 aliphatic heterocycles. The van der Waals surface area contributed by atoms with Gasteiger partial charge >= 0.3 is 6.18 Å². The Morgan fingerprint density at radius 2 is 1.80 bits per heavy atom. The van der Waals surface area contributed by atoms with Crippen molar-refractivity contribution in [2.45, 2.75) is 25.2 Å². The molecule has 11 heteroatoms. The molecule has 4 nitrogen and oxygen atoms in total. The molecule has 2 aromatic carbocycles. The highest BCUT2D eigenvalue weighted by atomic mass is 35.5. The van der Waals surface area contributed by atoms with Gasteiger partial charge in [0.1, 0.15) is 5.82 Å². The lowest BCUT2D eigenvalue weighted by Crippen LogP contribution is -2.42. The Balaban J connectivity index is 2.08. The van der Waals surface area contributed by atoms with Crippen LogP contribution in [0.2, 0.25) is 10.0 Å². The maximum Gasteiger partial charge on any atom is 0.428 e. The highest BCUT2D eigenvalue weighted by molar-refractivity contribution is 6.35. The Kier molecular flexibility index (Phi) is 5.99. The van der Waals surface area contributed by atoms with Crippen molar-refractivity contribution in [3.05, 3.63) is 74.8 Å². The van der Waals surface area contributed by atoms with Crippen molar-refractivity contribution in [3.8, 4) is 0 Å². The Morgan fingerprint density at radius 1 is 1.17 bits per heavy atom. The molecule has 0 saturated heterocycles. The van der Waals surface area contributed by atoms with Gasteiger partial charge in [0.25, 0.3) is 0 Å². The molecular weight excluding hydrogens is 454 g/mol. The Hall–Kier alpha value is -2.36. The second-order valence-electron chi connectivity index (χ2n) is 6.47. The van der Waals surface area contributed by atoms with Gasteiger partial charge in [-0.2, -0.15) is 13.2 Å². The molecule has 0 spiro atoms. The van der Waals surface area contributed by atoms with Gasteiger partial charge in [-0.15, -0.1) is 0 Å². The van der Waals surface area contributed by atoms with Crippen LogP contribution in [-0.2, 0) is 21.8 Å². The van der Waals surface area contributed by atoms with E-state index in [2.05, 4.69) is 10.8 Å². The zero-order valence-electron chi connectivity index (χ0n) is 15.1. The zero-order chi connectivity index (χ0) is 22.3. The fourth-order valence-electron chi connectivity index (χ4n) is 2.85. The summed E-state index contributed by atoms with van der Waals surface area (Å²) in [4.78, 5) is 16.0. The van der Waals surface area contributed by atoms with Gasteiger partial charge in [-0.3, -0.25) is 15.1 Å². The summed E-state index contributed by atoms with van der Waals surface area (Å²) in [7, 11) is 0. The molecule has 1 aliphatic rings. The van der Waals surface area contributed by atoms with E-state index in [1.807, 2.05) is 0 Å². The van der Waals surface area contributed by atoms with Crippen molar-refractivity contribution in [1.82, 2.24) is 10.8 Å². The van der Waals surface area contributed by atoms with Gasteiger partial charge < -0.3 is 5.32 Å².